The molecule has 2 aliphatic rings. The topological polar surface area (TPSA) is 135 Å². The van der Waals surface area contributed by atoms with E-state index in [0.717, 1.165) is 34.8 Å². The van der Waals surface area contributed by atoms with Gasteiger partial charge in [-0.05, 0) is 67.5 Å². The van der Waals surface area contributed by atoms with Crippen molar-refractivity contribution in [3.8, 4) is 5.75 Å². The zero-order chi connectivity index (χ0) is 31.1. The van der Waals surface area contributed by atoms with Crippen molar-refractivity contribution in [3.63, 3.8) is 0 Å². The number of likely N-dealkylation sites (tertiary alicyclic amines) is 1. The molecule has 0 bridgehead atoms. The van der Waals surface area contributed by atoms with Gasteiger partial charge in [-0.2, -0.15) is 0 Å². The van der Waals surface area contributed by atoms with Crippen LogP contribution in [0.1, 0.15) is 83.6 Å². The summed E-state index contributed by atoms with van der Waals surface area (Å²) in [6.07, 6.45) is 6.88. The van der Waals surface area contributed by atoms with E-state index in [2.05, 4.69) is 13.0 Å². The SMILES string of the molecule is CCC/C(=C\c1ccc(O)c2ccccc12)CC[C@@H](O)C1=C(CC)C[C@H]2C(=O)N(CCCCCC(=O)O)C(=O)[C@H]2[C@H]1CO. The molecule has 1 heterocycles. The van der Waals surface area contributed by atoms with E-state index in [1.807, 2.05) is 37.3 Å². The molecule has 4 N–H and O–H groups in total. The molecule has 0 saturated carbocycles. The molecule has 8 heteroatoms. The second kappa shape index (κ2) is 14.8. The molecule has 0 radical (unpaired) electrons. The number of phenols is 1. The number of hydrogen-bond donors (Lipinski definition) is 4. The molecule has 232 valence electrons. The van der Waals surface area contributed by atoms with E-state index < -0.39 is 29.8 Å². The molecule has 1 aliphatic heterocycles. The lowest BCUT2D eigenvalue weighted by Gasteiger charge is -2.36. The maximum Gasteiger partial charge on any atom is 0.303 e. The van der Waals surface area contributed by atoms with Crippen LogP contribution in [0.15, 0.2) is 53.1 Å². The minimum absolute atomic E-state index is 0.0610. The van der Waals surface area contributed by atoms with Gasteiger partial charge < -0.3 is 20.4 Å². The molecule has 1 fully saturated rings. The lowest BCUT2D eigenvalue weighted by molar-refractivity contribution is -0.141. The van der Waals surface area contributed by atoms with E-state index in [1.165, 1.54) is 10.5 Å². The first-order chi connectivity index (χ1) is 20.7. The normalized spacial score (nSPS) is 21.5. The predicted octanol–water partition coefficient (Wildman–Crippen LogP) is 5.84. The first-order valence-electron chi connectivity index (χ1n) is 15.7. The van der Waals surface area contributed by atoms with Gasteiger partial charge in [-0.1, -0.05) is 74.2 Å². The number of allylic oxidation sites excluding steroid dienone is 2. The number of aliphatic carboxylic acids is 1. The van der Waals surface area contributed by atoms with Crippen molar-refractivity contribution >= 4 is 34.6 Å². The number of carbonyl (C=O) groups excluding carboxylic acids is 2. The number of aliphatic hydroxyl groups is 2. The zero-order valence-electron chi connectivity index (χ0n) is 25.3. The second-order valence-electron chi connectivity index (χ2n) is 11.9. The molecule has 1 aliphatic carbocycles. The third-order valence-electron chi connectivity index (χ3n) is 9.13. The summed E-state index contributed by atoms with van der Waals surface area (Å²) in [6, 6.07) is 11.3. The number of rotatable bonds is 15. The van der Waals surface area contributed by atoms with Crippen LogP contribution < -0.4 is 0 Å². The van der Waals surface area contributed by atoms with Gasteiger partial charge in [0.25, 0.3) is 0 Å². The number of amides is 2. The Morgan fingerprint density at radius 1 is 1.00 bits per heavy atom. The Morgan fingerprint density at radius 3 is 2.42 bits per heavy atom. The second-order valence-corrected chi connectivity index (χ2v) is 11.9. The van der Waals surface area contributed by atoms with Crippen LogP contribution in [-0.4, -0.2) is 62.4 Å². The van der Waals surface area contributed by atoms with Crippen molar-refractivity contribution in [1.29, 1.82) is 0 Å². The van der Waals surface area contributed by atoms with E-state index in [9.17, 15) is 29.7 Å². The highest BCUT2D eigenvalue weighted by Gasteiger charge is 2.54. The molecular formula is C35H45NO7. The first-order valence-corrected chi connectivity index (χ1v) is 15.7. The summed E-state index contributed by atoms with van der Waals surface area (Å²) in [5, 5.41) is 43.0. The Hall–Kier alpha value is -3.49. The summed E-state index contributed by atoms with van der Waals surface area (Å²) < 4.78 is 0. The van der Waals surface area contributed by atoms with Gasteiger partial charge in [-0.15, -0.1) is 0 Å². The minimum atomic E-state index is -0.861. The number of carboxylic acid groups (broad SMARTS) is 1. The zero-order valence-corrected chi connectivity index (χ0v) is 25.3. The number of hydrogen-bond acceptors (Lipinski definition) is 6. The summed E-state index contributed by atoms with van der Waals surface area (Å²) in [5.74, 6) is -2.98. The molecule has 4 rings (SSSR count). The molecule has 0 spiro atoms. The number of carbonyl (C=O) groups is 3. The van der Waals surface area contributed by atoms with E-state index in [-0.39, 0.29) is 37.1 Å². The van der Waals surface area contributed by atoms with Crippen molar-refractivity contribution in [3.05, 3.63) is 58.7 Å². The van der Waals surface area contributed by atoms with Crippen LogP contribution in [0.3, 0.4) is 0 Å². The first kappa shape index (κ1) is 32.4. The van der Waals surface area contributed by atoms with Gasteiger partial charge in [-0.3, -0.25) is 19.3 Å². The predicted molar refractivity (Wildman–Crippen MR) is 166 cm³/mol. The lowest BCUT2D eigenvalue weighted by atomic mass is 9.67. The highest BCUT2D eigenvalue weighted by molar-refractivity contribution is 6.06. The van der Waals surface area contributed by atoms with Gasteiger partial charge >= 0.3 is 5.97 Å². The maximum atomic E-state index is 13.5. The Morgan fingerprint density at radius 2 is 1.74 bits per heavy atom. The summed E-state index contributed by atoms with van der Waals surface area (Å²) in [4.78, 5) is 38.9. The Kier molecular flexibility index (Phi) is 11.2. The van der Waals surface area contributed by atoms with Crippen molar-refractivity contribution in [2.24, 2.45) is 17.8 Å². The van der Waals surface area contributed by atoms with E-state index in [1.54, 1.807) is 6.07 Å². The van der Waals surface area contributed by atoms with Crippen LogP contribution in [0, 0.1) is 17.8 Å². The number of imide groups is 1. The third kappa shape index (κ3) is 7.19. The highest BCUT2D eigenvalue weighted by Crippen LogP contribution is 2.47. The fourth-order valence-corrected chi connectivity index (χ4v) is 7.03. The number of carboxylic acids is 1. The number of aliphatic hydroxyl groups excluding tert-OH is 2. The van der Waals surface area contributed by atoms with E-state index in [4.69, 9.17) is 5.11 Å². The van der Waals surface area contributed by atoms with Gasteiger partial charge in [0.1, 0.15) is 5.75 Å². The standard InChI is InChI=1S/C35H45NO7/c1-3-10-22(19-24-15-17-29(38)26-12-8-7-11-25(24)26)14-16-30(39)32-23(4-2)20-27-33(28(32)21-37)35(43)36(34(27)42)18-9-5-6-13-31(40)41/h7-8,11-12,15,17,19,27-28,30,33,37-39H,3-6,9-10,13-14,16,18,20-21H2,1-2H3,(H,40,41)/b22-19+/t27-,28+,30-,33-/m1/s1. The van der Waals surface area contributed by atoms with Gasteiger partial charge in [-0.25, -0.2) is 0 Å². The molecule has 1 saturated heterocycles. The van der Waals surface area contributed by atoms with Crippen LogP contribution >= 0.6 is 0 Å². The average molecular weight is 592 g/mol. The van der Waals surface area contributed by atoms with Crippen LogP contribution in [0.5, 0.6) is 5.75 Å². The smallest absolute Gasteiger partial charge is 0.303 e. The molecule has 0 aromatic heterocycles. The quantitative estimate of drug-likeness (QED) is 0.116. The number of benzene rings is 2. The summed E-state index contributed by atoms with van der Waals surface area (Å²) in [7, 11) is 0. The Labute approximate surface area is 253 Å². The molecule has 4 atom stereocenters. The van der Waals surface area contributed by atoms with Crippen LogP contribution in [0.2, 0.25) is 0 Å². The van der Waals surface area contributed by atoms with Gasteiger partial charge in [0.15, 0.2) is 0 Å². The van der Waals surface area contributed by atoms with E-state index in [0.29, 0.717) is 50.5 Å². The van der Waals surface area contributed by atoms with Crippen LogP contribution in [0.4, 0.5) is 0 Å². The average Bonchev–Trinajstić information content (AvgIpc) is 3.24. The molecule has 2 amide bonds. The number of fused-ring (bicyclic) bond motifs is 2. The largest absolute Gasteiger partial charge is 0.507 e. The van der Waals surface area contributed by atoms with Gasteiger partial charge in [0.05, 0.1) is 24.5 Å². The fourth-order valence-electron chi connectivity index (χ4n) is 7.03. The number of phenolic OH excluding ortho intramolecular Hbond substituents is 1. The minimum Gasteiger partial charge on any atom is -0.507 e. The Bertz CT molecular complexity index is 1390. The van der Waals surface area contributed by atoms with Gasteiger partial charge in [0.2, 0.25) is 11.8 Å². The van der Waals surface area contributed by atoms with Gasteiger partial charge in [0, 0.05) is 24.3 Å². The van der Waals surface area contributed by atoms with Crippen molar-refractivity contribution in [1.82, 2.24) is 4.90 Å². The Balaban J connectivity index is 1.51. The van der Waals surface area contributed by atoms with Crippen LogP contribution in [-0.2, 0) is 14.4 Å². The molecule has 2 aromatic rings. The summed E-state index contributed by atoms with van der Waals surface area (Å²) in [5.41, 5.74) is 3.84. The summed E-state index contributed by atoms with van der Waals surface area (Å²) >= 11 is 0. The van der Waals surface area contributed by atoms with E-state index >= 15 is 0 Å². The third-order valence-corrected chi connectivity index (χ3v) is 9.13. The lowest BCUT2D eigenvalue weighted by Crippen LogP contribution is -2.39. The summed E-state index contributed by atoms with van der Waals surface area (Å²) in [6.45, 7) is 4.02. The molecule has 0 unspecified atom stereocenters. The monoisotopic (exact) mass is 591 g/mol. The molecule has 2 aromatic carbocycles. The fraction of sp³-hybridized carbons (Fsp3) is 0.514. The van der Waals surface area contributed by atoms with Crippen molar-refractivity contribution < 1.29 is 34.8 Å². The number of aromatic hydroxyl groups is 1. The van der Waals surface area contributed by atoms with Crippen molar-refractivity contribution in [2.75, 3.05) is 13.2 Å². The van der Waals surface area contributed by atoms with Crippen molar-refractivity contribution in [2.45, 2.75) is 84.2 Å². The number of nitrogens with zero attached hydrogens (tertiary/aromatic N) is 1. The maximum absolute atomic E-state index is 13.5. The number of unbranched alkanes of at least 4 members (excludes halogenated alkanes) is 2. The molecular weight excluding hydrogens is 546 g/mol. The molecule has 8 nitrogen and oxygen atoms in total. The molecule has 43 heavy (non-hydrogen) atoms. The van der Waals surface area contributed by atoms with Crippen LogP contribution in [0.25, 0.3) is 16.8 Å². The highest BCUT2D eigenvalue weighted by atomic mass is 16.4.